The van der Waals surface area contributed by atoms with Crippen molar-refractivity contribution in [3.8, 4) is 0 Å². The first-order chi connectivity index (χ1) is 9.52. The zero-order chi connectivity index (χ0) is 14.7. The van der Waals surface area contributed by atoms with Gasteiger partial charge in [0.05, 0.1) is 24.0 Å². The van der Waals surface area contributed by atoms with E-state index in [1.807, 2.05) is 19.9 Å². The van der Waals surface area contributed by atoms with Crippen LogP contribution in [0.15, 0.2) is 18.2 Å². The summed E-state index contributed by atoms with van der Waals surface area (Å²) in [6.45, 7) is 8.07. The number of rotatable bonds is 3. The average molecular weight is 277 g/mol. The predicted molar refractivity (Wildman–Crippen MR) is 81.1 cm³/mol. The highest BCUT2D eigenvalue weighted by Gasteiger charge is 2.26. The highest BCUT2D eigenvalue weighted by molar-refractivity contribution is 6.00. The van der Waals surface area contributed by atoms with Crippen LogP contribution in [0, 0.1) is 0 Å². The second kappa shape index (κ2) is 6.13. The number of nitrogens with one attached hydrogen (secondary N) is 1. The van der Waals surface area contributed by atoms with Crippen molar-refractivity contribution < 1.29 is 9.53 Å². The molecule has 110 valence electrons. The van der Waals surface area contributed by atoms with Gasteiger partial charge in [-0.1, -0.05) is 0 Å². The second-order valence-corrected chi connectivity index (χ2v) is 5.28. The Morgan fingerprint density at radius 1 is 1.50 bits per heavy atom. The lowest BCUT2D eigenvalue weighted by Crippen LogP contribution is -2.48. The molecule has 1 aliphatic heterocycles. The number of carbonyl (C=O) groups excluding carboxylic acids is 1. The minimum Gasteiger partial charge on any atom is -0.399 e. The standard InChI is InChI=1S/C15H23N3O2/c1-4-17-15(19)13-6-5-12(16)7-14(13)18-8-11(3)20-9-10(18)2/h5-7,10-11H,4,8-9,16H2,1-3H3,(H,17,19). The molecule has 0 radical (unpaired) electrons. The Morgan fingerprint density at radius 2 is 2.25 bits per heavy atom. The molecule has 1 saturated heterocycles. The molecule has 5 heteroatoms. The molecule has 1 aliphatic rings. The number of anilines is 2. The third kappa shape index (κ3) is 3.04. The van der Waals surface area contributed by atoms with Crippen molar-refractivity contribution in [2.45, 2.75) is 32.9 Å². The molecule has 2 unspecified atom stereocenters. The van der Waals surface area contributed by atoms with Gasteiger partial charge in [0.25, 0.3) is 5.91 Å². The lowest BCUT2D eigenvalue weighted by Gasteiger charge is -2.39. The Hall–Kier alpha value is -1.75. The summed E-state index contributed by atoms with van der Waals surface area (Å²) in [5.41, 5.74) is 8.12. The number of ether oxygens (including phenoxy) is 1. The first-order valence-electron chi connectivity index (χ1n) is 7.09. The van der Waals surface area contributed by atoms with Gasteiger partial charge in [-0.15, -0.1) is 0 Å². The fourth-order valence-corrected chi connectivity index (χ4v) is 2.47. The van der Waals surface area contributed by atoms with E-state index < -0.39 is 0 Å². The van der Waals surface area contributed by atoms with Crippen LogP contribution in [0.2, 0.25) is 0 Å². The predicted octanol–water partition coefficient (Wildman–Crippen LogP) is 1.63. The smallest absolute Gasteiger partial charge is 0.253 e. The van der Waals surface area contributed by atoms with E-state index in [1.165, 1.54) is 0 Å². The molecule has 3 N–H and O–H groups in total. The second-order valence-electron chi connectivity index (χ2n) is 5.28. The van der Waals surface area contributed by atoms with E-state index in [4.69, 9.17) is 10.5 Å². The molecule has 1 aromatic carbocycles. The highest BCUT2D eigenvalue weighted by atomic mass is 16.5. The van der Waals surface area contributed by atoms with Gasteiger partial charge in [0, 0.05) is 24.8 Å². The van der Waals surface area contributed by atoms with E-state index in [2.05, 4.69) is 17.1 Å². The van der Waals surface area contributed by atoms with Gasteiger partial charge in [-0.3, -0.25) is 4.79 Å². The summed E-state index contributed by atoms with van der Waals surface area (Å²) in [5, 5.41) is 2.85. The van der Waals surface area contributed by atoms with Crippen molar-refractivity contribution in [2.75, 3.05) is 30.3 Å². The van der Waals surface area contributed by atoms with Gasteiger partial charge in [0.1, 0.15) is 0 Å². The molecule has 0 saturated carbocycles. The number of amides is 1. The maximum absolute atomic E-state index is 12.2. The topological polar surface area (TPSA) is 67.6 Å². The Balaban J connectivity index is 2.37. The van der Waals surface area contributed by atoms with Crippen LogP contribution in [0.5, 0.6) is 0 Å². The first-order valence-corrected chi connectivity index (χ1v) is 7.09. The van der Waals surface area contributed by atoms with E-state index in [0.29, 0.717) is 24.4 Å². The highest BCUT2D eigenvalue weighted by Crippen LogP contribution is 2.28. The van der Waals surface area contributed by atoms with Crippen LogP contribution in [0.4, 0.5) is 11.4 Å². The molecule has 0 spiro atoms. The molecule has 0 aromatic heterocycles. The van der Waals surface area contributed by atoms with Crippen LogP contribution < -0.4 is 16.0 Å². The van der Waals surface area contributed by atoms with Crippen molar-refractivity contribution in [1.82, 2.24) is 5.32 Å². The van der Waals surface area contributed by atoms with E-state index in [0.717, 1.165) is 12.2 Å². The molecular formula is C15H23N3O2. The van der Waals surface area contributed by atoms with Crippen LogP contribution >= 0.6 is 0 Å². The average Bonchev–Trinajstić information content (AvgIpc) is 2.41. The van der Waals surface area contributed by atoms with Crippen molar-refractivity contribution in [3.63, 3.8) is 0 Å². The summed E-state index contributed by atoms with van der Waals surface area (Å²) in [6, 6.07) is 5.66. The molecule has 0 bridgehead atoms. The van der Waals surface area contributed by atoms with Crippen molar-refractivity contribution >= 4 is 17.3 Å². The summed E-state index contributed by atoms with van der Waals surface area (Å²) >= 11 is 0. The molecule has 2 rings (SSSR count). The number of hydrogen-bond acceptors (Lipinski definition) is 4. The van der Waals surface area contributed by atoms with Crippen LogP contribution in [0.3, 0.4) is 0 Å². The number of hydrogen-bond donors (Lipinski definition) is 2. The number of morpholine rings is 1. The summed E-state index contributed by atoms with van der Waals surface area (Å²) in [5.74, 6) is -0.0613. The van der Waals surface area contributed by atoms with E-state index in [1.54, 1.807) is 12.1 Å². The monoisotopic (exact) mass is 277 g/mol. The van der Waals surface area contributed by atoms with Crippen molar-refractivity contribution in [1.29, 1.82) is 0 Å². The minimum atomic E-state index is -0.0613. The fourth-order valence-electron chi connectivity index (χ4n) is 2.47. The molecular weight excluding hydrogens is 254 g/mol. The van der Waals surface area contributed by atoms with E-state index in [9.17, 15) is 4.79 Å². The van der Waals surface area contributed by atoms with Crippen LogP contribution in [0.1, 0.15) is 31.1 Å². The molecule has 1 aromatic rings. The van der Waals surface area contributed by atoms with Crippen LogP contribution in [0.25, 0.3) is 0 Å². The van der Waals surface area contributed by atoms with Gasteiger partial charge in [-0.25, -0.2) is 0 Å². The van der Waals surface area contributed by atoms with Gasteiger partial charge in [-0.05, 0) is 39.0 Å². The van der Waals surface area contributed by atoms with Gasteiger partial charge in [0.15, 0.2) is 0 Å². The SMILES string of the molecule is CCNC(=O)c1ccc(N)cc1N1CC(C)OCC1C. The molecule has 1 heterocycles. The number of nitrogen functional groups attached to an aromatic ring is 1. The normalized spacial score (nSPS) is 22.6. The molecule has 0 aliphatic carbocycles. The Morgan fingerprint density at radius 3 is 2.95 bits per heavy atom. The summed E-state index contributed by atoms with van der Waals surface area (Å²) in [6.07, 6.45) is 0.148. The molecule has 2 atom stereocenters. The number of benzene rings is 1. The zero-order valence-electron chi connectivity index (χ0n) is 12.3. The number of carbonyl (C=O) groups is 1. The fraction of sp³-hybridized carbons (Fsp3) is 0.533. The van der Waals surface area contributed by atoms with E-state index >= 15 is 0 Å². The van der Waals surface area contributed by atoms with Crippen LogP contribution in [-0.4, -0.2) is 37.7 Å². The molecule has 1 amide bonds. The Bertz CT molecular complexity index is 490. The minimum absolute atomic E-state index is 0.0613. The molecule has 5 nitrogen and oxygen atoms in total. The third-order valence-electron chi connectivity index (χ3n) is 3.52. The van der Waals surface area contributed by atoms with Gasteiger partial charge >= 0.3 is 0 Å². The third-order valence-corrected chi connectivity index (χ3v) is 3.52. The Kier molecular flexibility index (Phi) is 4.49. The summed E-state index contributed by atoms with van der Waals surface area (Å²) in [7, 11) is 0. The van der Waals surface area contributed by atoms with E-state index in [-0.39, 0.29) is 18.1 Å². The molecule has 20 heavy (non-hydrogen) atoms. The number of nitrogens with two attached hydrogens (primary N) is 1. The summed E-state index contributed by atoms with van der Waals surface area (Å²) in [4.78, 5) is 14.4. The lowest BCUT2D eigenvalue weighted by atomic mass is 10.1. The first kappa shape index (κ1) is 14.7. The number of nitrogens with zero attached hydrogens (tertiary/aromatic N) is 1. The van der Waals surface area contributed by atoms with Gasteiger partial charge in [0.2, 0.25) is 0 Å². The van der Waals surface area contributed by atoms with Crippen molar-refractivity contribution in [3.05, 3.63) is 23.8 Å². The maximum atomic E-state index is 12.2. The largest absolute Gasteiger partial charge is 0.399 e. The van der Waals surface area contributed by atoms with Crippen molar-refractivity contribution in [2.24, 2.45) is 0 Å². The van der Waals surface area contributed by atoms with Gasteiger partial charge in [-0.2, -0.15) is 0 Å². The summed E-state index contributed by atoms with van der Waals surface area (Å²) < 4.78 is 5.65. The molecule has 1 fully saturated rings. The lowest BCUT2D eigenvalue weighted by molar-refractivity contribution is 0.0343. The van der Waals surface area contributed by atoms with Gasteiger partial charge < -0.3 is 20.7 Å². The zero-order valence-corrected chi connectivity index (χ0v) is 12.3. The van der Waals surface area contributed by atoms with Crippen LogP contribution in [-0.2, 0) is 4.74 Å². The Labute approximate surface area is 120 Å². The quantitative estimate of drug-likeness (QED) is 0.824. The maximum Gasteiger partial charge on any atom is 0.253 e.